The highest BCUT2D eigenvalue weighted by Crippen LogP contribution is 2.55. The molecule has 0 radical (unpaired) electrons. The maximum atomic E-state index is 13.1. The standard InChI is InChI=1S/C20H20ClN3O/c21-16-6-2-5-15(12-16)20-14-4-1-3-13(11-14)18(20)23-19(25)24(20)17-7-9-22-10-8-17/h1-6,11-12,17-18,22H,7-10H2,(H,23,25). The molecule has 2 amide bonds. The van der Waals surface area contributed by atoms with Gasteiger partial charge in [0, 0.05) is 11.1 Å². The molecule has 1 aliphatic carbocycles. The first kappa shape index (κ1) is 15.2. The van der Waals surface area contributed by atoms with Crippen molar-refractivity contribution in [3.8, 4) is 0 Å². The summed E-state index contributed by atoms with van der Waals surface area (Å²) in [5.74, 6) is 0. The van der Waals surface area contributed by atoms with Gasteiger partial charge in [0.15, 0.2) is 0 Å². The third-order valence-electron chi connectivity index (χ3n) is 5.88. The Morgan fingerprint density at radius 1 is 1.04 bits per heavy atom. The second kappa shape index (κ2) is 5.48. The maximum Gasteiger partial charge on any atom is 0.319 e. The molecule has 25 heavy (non-hydrogen) atoms. The molecule has 5 rings (SSSR count). The summed E-state index contributed by atoms with van der Waals surface area (Å²) in [7, 11) is 0. The lowest BCUT2D eigenvalue weighted by molar-refractivity contribution is 0.111. The number of nitrogens with one attached hydrogen (secondary N) is 2. The number of nitrogens with zero attached hydrogens (tertiary/aromatic N) is 1. The second-order valence-electron chi connectivity index (χ2n) is 7.14. The number of halogens is 1. The van der Waals surface area contributed by atoms with E-state index < -0.39 is 5.54 Å². The van der Waals surface area contributed by atoms with Crippen LogP contribution in [0, 0.1) is 0 Å². The second-order valence-corrected chi connectivity index (χ2v) is 7.57. The molecule has 2 N–H and O–H groups in total. The predicted molar refractivity (Wildman–Crippen MR) is 97.7 cm³/mol. The highest BCUT2D eigenvalue weighted by molar-refractivity contribution is 6.30. The van der Waals surface area contributed by atoms with Crippen molar-refractivity contribution in [2.45, 2.75) is 30.5 Å². The lowest BCUT2D eigenvalue weighted by Crippen LogP contribution is -2.53. The van der Waals surface area contributed by atoms with Gasteiger partial charge in [0.2, 0.25) is 0 Å². The third kappa shape index (κ3) is 2.01. The Labute approximate surface area is 152 Å². The molecule has 4 nitrogen and oxygen atoms in total. The van der Waals surface area contributed by atoms with E-state index in [1.807, 2.05) is 18.2 Å². The lowest BCUT2D eigenvalue weighted by Gasteiger charge is -2.44. The smallest absolute Gasteiger partial charge is 0.319 e. The molecule has 2 aromatic rings. The summed E-state index contributed by atoms with van der Waals surface area (Å²) in [6.07, 6.45) is 1.94. The van der Waals surface area contributed by atoms with Crippen molar-refractivity contribution in [1.82, 2.24) is 15.5 Å². The molecule has 5 heteroatoms. The van der Waals surface area contributed by atoms with Gasteiger partial charge >= 0.3 is 6.03 Å². The number of hydrogen-bond acceptors (Lipinski definition) is 2. The van der Waals surface area contributed by atoms with Gasteiger partial charge in [0.25, 0.3) is 0 Å². The molecule has 2 unspecified atom stereocenters. The van der Waals surface area contributed by atoms with Crippen molar-refractivity contribution in [2.75, 3.05) is 13.1 Å². The zero-order valence-electron chi connectivity index (χ0n) is 13.8. The molecular weight excluding hydrogens is 334 g/mol. The molecular formula is C20H20ClN3O. The van der Waals surface area contributed by atoms with Crippen molar-refractivity contribution in [3.63, 3.8) is 0 Å². The van der Waals surface area contributed by atoms with Gasteiger partial charge in [-0.1, -0.05) is 48.0 Å². The van der Waals surface area contributed by atoms with Gasteiger partial charge in [0.1, 0.15) is 5.54 Å². The molecule has 2 bridgehead atoms. The topological polar surface area (TPSA) is 44.4 Å². The Morgan fingerprint density at radius 2 is 1.76 bits per heavy atom. The van der Waals surface area contributed by atoms with E-state index in [4.69, 9.17) is 11.6 Å². The van der Waals surface area contributed by atoms with E-state index in [0.717, 1.165) is 31.5 Å². The fraction of sp³-hybridized carbons (Fsp3) is 0.350. The first-order valence-electron chi connectivity index (χ1n) is 8.88. The molecule has 2 saturated heterocycles. The van der Waals surface area contributed by atoms with Crippen LogP contribution in [0.25, 0.3) is 0 Å². The normalized spacial score (nSPS) is 28.1. The van der Waals surface area contributed by atoms with Gasteiger partial charge in [-0.3, -0.25) is 0 Å². The molecule has 2 fully saturated rings. The van der Waals surface area contributed by atoms with Crippen LogP contribution in [-0.2, 0) is 5.54 Å². The van der Waals surface area contributed by atoms with Crippen LogP contribution in [0.5, 0.6) is 0 Å². The quantitative estimate of drug-likeness (QED) is 0.869. The average Bonchev–Trinajstić information content (AvgIpc) is 3.06. The number of carbonyl (C=O) groups is 1. The van der Waals surface area contributed by atoms with Gasteiger partial charge in [0.05, 0.1) is 6.04 Å². The molecule has 3 aliphatic rings. The Kier molecular flexibility index (Phi) is 3.34. The summed E-state index contributed by atoms with van der Waals surface area (Å²) in [4.78, 5) is 15.2. The SMILES string of the molecule is O=C1NC2c3cccc(c3)C2(c2cccc(Cl)c2)N1C1CCNCC1. The van der Waals surface area contributed by atoms with Crippen LogP contribution in [0.1, 0.15) is 35.6 Å². The molecule has 2 heterocycles. The molecule has 0 saturated carbocycles. The van der Waals surface area contributed by atoms with Gasteiger partial charge in [-0.25, -0.2) is 4.79 Å². The van der Waals surface area contributed by atoms with Crippen LogP contribution >= 0.6 is 11.6 Å². The van der Waals surface area contributed by atoms with Crippen LogP contribution in [0.4, 0.5) is 4.79 Å². The maximum absolute atomic E-state index is 13.1. The van der Waals surface area contributed by atoms with Crippen molar-refractivity contribution < 1.29 is 4.79 Å². The molecule has 2 aromatic carbocycles. The van der Waals surface area contributed by atoms with Crippen molar-refractivity contribution in [3.05, 3.63) is 70.2 Å². The lowest BCUT2D eigenvalue weighted by atomic mass is 9.79. The van der Waals surface area contributed by atoms with Crippen LogP contribution in [0.15, 0.2) is 48.5 Å². The summed E-state index contributed by atoms with van der Waals surface area (Å²) >= 11 is 6.34. The summed E-state index contributed by atoms with van der Waals surface area (Å²) in [5, 5.41) is 7.36. The molecule has 0 spiro atoms. The van der Waals surface area contributed by atoms with E-state index in [-0.39, 0.29) is 18.1 Å². The van der Waals surface area contributed by atoms with E-state index >= 15 is 0 Å². The Bertz CT molecular complexity index is 848. The zero-order chi connectivity index (χ0) is 17.0. The largest absolute Gasteiger partial charge is 0.328 e. The number of piperidine rings is 1. The summed E-state index contributed by atoms with van der Waals surface area (Å²) in [6.45, 7) is 1.89. The minimum absolute atomic E-state index is 0.0312. The van der Waals surface area contributed by atoms with E-state index in [2.05, 4.69) is 45.9 Å². The first-order chi connectivity index (χ1) is 12.2. The number of fused-ring (bicyclic) bond motifs is 5. The molecule has 128 valence electrons. The molecule has 2 atom stereocenters. The van der Waals surface area contributed by atoms with Crippen molar-refractivity contribution in [1.29, 1.82) is 0 Å². The van der Waals surface area contributed by atoms with Gasteiger partial charge in [-0.15, -0.1) is 0 Å². The summed E-state index contributed by atoms with van der Waals surface area (Å²) in [5.41, 5.74) is 2.93. The zero-order valence-corrected chi connectivity index (χ0v) is 14.6. The highest BCUT2D eigenvalue weighted by Gasteiger charge is 2.60. The first-order valence-corrected chi connectivity index (χ1v) is 9.26. The van der Waals surface area contributed by atoms with Crippen molar-refractivity contribution in [2.24, 2.45) is 0 Å². The fourth-order valence-electron chi connectivity index (χ4n) is 4.90. The molecule has 2 aliphatic heterocycles. The average molecular weight is 354 g/mol. The Balaban J connectivity index is 1.73. The van der Waals surface area contributed by atoms with E-state index in [9.17, 15) is 4.79 Å². The van der Waals surface area contributed by atoms with Gasteiger partial charge < -0.3 is 15.5 Å². The van der Waals surface area contributed by atoms with E-state index in [1.54, 1.807) is 0 Å². The fourth-order valence-corrected chi connectivity index (χ4v) is 5.09. The number of hydrogen-bond donors (Lipinski definition) is 2. The van der Waals surface area contributed by atoms with Crippen LogP contribution in [-0.4, -0.2) is 30.1 Å². The van der Waals surface area contributed by atoms with E-state index in [1.165, 1.54) is 11.1 Å². The number of benzene rings is 2. The van der Waals surface area contributed by atoms with Crippen molar-refractivity contribution >= 4 is 17.6 Å². The Morgan fingerprint density at radius 3 is 2.52 bits per heavy atom. The van der Waals surface area contributed by atoms with Crippen LogP contribution in [0.3, 0.4) is 0 Å². The minimum Gasteiger partial charge on any atom is -0.328 e. The molecule has 0 aromatic heterocycles. The Hall–Kier alpha value is -2.04. The third-order valence-corrected chi connectivity index (χ3v) is 6.12. The number of amides is 2. The summed E-state index contributed by atoms with van der Waals surface area (Å²) < 4.78 is 0. The predicted octanol–water partition coefficient (Wildman–Crippen LogP) is 3.42. The van der Waals surface area contributed by atoms with Crippen LogP contribution < -0.4 is 10.6 Å². The van der Waals surface area contributed by atoms with Gasteiger partial charge in [-0.05, 0) is 54.8 Å². The highest BCUT2D eigenvalue weighted by atomic mass is 35.5. The number of urea groups is 1. The monoisotopic (exact) mass is 353 g/mol. The summed E-state index contributed by atoms with van der Waals surface area (Å²) in [6, 6.07) is 16.7. The number of carbonyl (C=O) groups excluding carboxylic acids is 1. The van der Waals surface area contributed by atoms with E-state index in [0.29, 0.717) is 5.02 Å². The number of rotatable bonds is 2. The van der Waals surface area contributed by atoms with Crippen LogP contribution in [0.2, 0.25) is 5.02 Å². The minimum atomic E-state index is -0.497. The van der Waals surface area contributed by atoms with Gasteiger partial charge in [-0.2, -0.15) is 0 Å².